The predicted molar refractivity (Wildman–Crippen MR) is 89.0 cm³/mol. The molecule has 0 radical (unpaired) electrons. The minimum atomic E-state index is -3.62. The lowest BCUT2D eigenvalue weighted by molar-refractivity contribution is -0.118. The maximum atomic E-state index is 12.4. The van der Waals surface area contributed by atoms with Crippen LogP contribution in [0.25, 0.3) is 0 Å². The Morgan fingerprint density at radius 2 is 2.00 bits per heavy atom. The first-order valence-corrected chi connectivity index (χ1v) is 9.35. The van der Waals surface area contributed by atoms with Crippen LogP contribution in [0.3, 0.4) is 0 Å². The zero-order valence-electron chi connectivity index (χ0n) is 13.8. The Kier molecular flexibility index (Phi) is 5.64. The first kappa shape index (κ1) is 17.7. The first-order chi connectivity index (χ1) is 10.8. The second-order valence-electron chi connectivity index (χ2n) is 6.34. The summed E-state index contributed by atoms with van der Waals surface area (Å²) in [7, 11) is -3.62. The second kappa shape index (κ2) is 7.31. The molecular weight excluding hydrogens is 316 g/mol. The topological polar surface area (TPSA) is 84.5 Å². The Balaban J connectivity index is 2.04. The molecule has 0 unspecified atom stereocenters. The van der Waals surface area contributed by atoms with E-state index in [1.165, 1.54) is 12.1 Å². The molecule has 1 amide bonds. The van der Waals surface area contributed by atoms with Gasteiger partial charge in [0.05, 0.1) is 10.6 Å². The van der Waals surface area contributed by atoms with E-state index < -0.39 is 10.0 Å². The molecule has 0 bridgehead atoms. The lowest BCUT2D eigenvalue weighted by atomic mass is 10.0. The molecule has 0 saturated carbocycles. The Labute approximate surface area is 137 Å². The van der Waals surface area contributed by atoms with E-state index in [1.807, 2.05) is 6.92 Å². The van der Waals surface area contributed by atoms with Gasteiger partial charge in [0, 0.05) is 6.04 Å². The fraction of sp³-hybridized carbons (Fsp3) is 0.562. The van der Waals surface area contributed by atoms with Crippen molar-refractivity contribution in [3.05, 3.63) is 18.2 Å². The largest absolute Gasteiger partial charge is 0.482 e. The van der Waals surface area contributed by atoms with Gasteiger partial charge in [0.25, 0.3) is 5.91 Å². The van der Waals surface area contributed by atoms with Gasteiger partial charge < -0.3 is 10.1 Å². The van der Waals surface area contributed by atoms with Gasteiger partial charge in [0.1, 0.15) is 5.75 Å². The number of fused-ring (bicyclic) bond motifs is 1. The maximum Gasteiger partial charge on any atom is 0.262 e. The van der Waals surface area contributed by atoms with Crippen molar-refractivity contribution < 1.29 is 17.9 Å². The molecule has 2 N–H and O–H groups in total. The molecule has 1 aromatic carbocycles. The summed E-state index contributed by atoms with van der Waals surface area (Å²) in [5.74, 6) is 0.804. The number of anilines is 1. The molecule has 1 atom stereocenters. The fourth-order valence-electron chi connectivity index (χ4n) is 2.45. The molecule has 1 heterocycles. The van der Waals surface area contributed by atoms with Crippen LogP contribution in [0.5, 0.6) is 5.75 Å². The van der Waals surface area contributed by atoms with Crippen molar-refractivity contribution in [2.45, 2.75) is 51.0 Å². The summed E-state index contributed by atoms with van der Waals surface area (Å²) in [6.07, 6.45) is 2.85. The SMILES string of the molecule is CC(C)CCC[C@H](C)NS(=O)(=O)c1ccc2c(c1)NC(=O)CO2. The van der Waals surface area contributed by atoms with Crippen LogP contribution in [0.2, 0.25) is 0 Å². The average molecular weight is 340 g/mol. The molecule has 0 aromatic heterocycles. The van der Waals surface area contributed by atoms with Crippen molar-refractivity contribution in [1.29, 1.82) is 0 Å². The van der Waals surface area contributed by atoms with Gasteiger partial charge in [0.15, 0.2) is 6.61 Å². The van der Waals surface area contributed by atoms with Crippen LogP contribution in [-0.4, -0.2) is 27.0 Å². The zero-order chi connectivity index (χ0) is 17.0. The highest BCUT2D eigenvalue weighted by atomic mass is 32.2. The van der Waals surface area contributed by atoms with E-state index in [1.54, 1.807) is 6.07 Å². The smallest absolute Gasteiger partial charge is 0.262 e. The molecule has 1 aromatic rings. The van der Waals surface area contributed by atoms with Crippen LogP contribution in [0.15, 0.2) is 23.1 Å². The number of amides is 1. The number of ether oxygens (including phenoxy) is 1. The van der Waals surface area contributed by atoms with Crippen LogP contribution in [0, 0.1) is 5.92 Å². The summed E-state index contributed by atoms with van der Waals surface area (Å²) in [5.41, 5.74) is 0.386. The minimum Gasteiger partial charge on any atom is -0.482 e. The highest BCUT2D eigenvalue weighted by Crippen LogP contribution is 2.30. The zero-order valence-corrected chi connectivity index (χ0v) is 14.6. The quantitative estimate of drug-likeness (QED) is 0.799. The number of rotatable bonds is 7. The molecule has 0 fully saturated rings. The molecule has 128 valence electrons. The third-order valence-electron chi connectivity index (χ3n) is 3.67. The summed E-state index contributed by atoms with van der Waals surface area (Å²) in [6, 6.07) is 4.34. The molecule has 7 heteroatoms. The molecule has 2 rings (SSSR count). The van der Waals surface area contributed by atoms with Crippen molar-refractivity contribution in [3.63, 3.8) is 0 Å². The molecular formula is C16H24N2O4S. The lowest BCUT2D eigenvalue weighted by Crippen LogP contribution is -2.33. The Morgan fingerprint density at radius 3 is 2.70 bits per heavy atom. The van der Waals surface area contributed by atoms with Crippen LogP contribution in [0.4, 0.5) is 5.69 Å². The second-order valence-corrected chi connectivity index (χ2v) is 8.06. The minimum absolute atomic E-state index is 0.0514. The number of benzene rings is 1. The maximum absolute atomic E-state index is 12.4. The lowest BCUT2D eigenvalue weighted by Gasteiger charge is -2.19. The van der Waals surface area contributed by atoms with Crippen molar-refractivity contribution in [1.82, 2.24) is 4.72 Å². The molecule has 0 saturated heterocycles. The van der Waals surface area contributed by atoms with Gasteiger partial charge in [-0.25, -0.2) is 13.1 Å². The molecule has 0 aliphatic carbocycles. The third-order valence-corrected chi connectivity index (χ3v) is 5.26. The average Bonchev–Trinajstić information content (AvgIpc) is 2.45. The van der Waals surface area contributed by atoms with Crippen LogP contribution in [-0.2, 0) is 14.8 Å². The van der Waals surface area contributed by atoms with Gasteiger partial charge in [0.2, 0.25) is 10.0 Å². The summed E-state index contributed by atoms with van der Waals surface area (Å²) in [5, 5.41) is 2.62. The van der Waals surface area contributed by atoms with Crippen LogP contribution >= 0.6 is 0 Å². The Bertz CT molecular complexity index is 671. The van der Waals surface area contributed by atoms with Gasteiger partial charge in [-0.3, -0.25) is 4.79 Å². The number of hydrogen-bond acceptors (Lipinski definition) is 4. The van der Waals surface area contributed by atoms with Crippen LogP contribution in [0.1, 0.15) is 40.0 Å². The van der Waals surface area contributed by atoms with E-state index in [0.717, 1.165) is 19.3 Å². The van der Waals surface area contributed by atoms with Crippen molar-refractivity contribution in [2.24, 2.45) is 5.92 Å². The van der Waals surface area contributed by atoms with Crippen molar-refractivity contribution >= 4 is 21.6 Å². The van der Waals surface area contributed by atoms with Gasteiger partial charge >= 0.3 is 0 Å². The number of sulfonamides is 1. The van der Waals surface area contributed by atoms with Gasteiger partial charge in [-0.15, -0.1) is 0 Å². The van der Waals surface area contributed by atoms with E-state index in [9.17, 15) is 13.2 Å². The van der Waals surface area contributed by atoms with E-state index in [2.05, 4.69) is 23.9 Å². The molecule has 0 spiro atoms. The van der Waals surface area contributed by atoms with Crippen LogP contribution < -0.4 is 14.8 Å². The fourth-order valence-corrected chi connectivity index (χ4v) is 3.76. The molecule has 23 heavy (non-hydrogen) atoms. The Hall–Kier alpha value is -1.60. The van der Waals surface area contributed by atoms with E-state index in [0.29, 0.717) is 17.4 Å². The summed E-state index contributed by atoms with van der Waals surface area (Å²) in [6.45, 7) is 6.11. The van der Waals surface area contributed by atoms with E-state index >= 15 is 0 Å². The van der Waals surface area contributed by atoms with Gasteiger partial charge in [-0.05, 0) is 37.5 Å². The predicted octanol–water partition coefficient (Wildman–Crippen LogP) is 2.51. The van der Waals surface area contributed by atoms with E-state index in [-0.39, 0.29) is 23.5 Å². The van der Waals surface area contributed by atoms with Crippen molar-refractivity contribution in [2.75, 3.05) is 11.9 Å². The number of nitrogens with one attached hydrogen (secondary N) is 2. The van der Waals surface area contributed by atoms with E-state index in [4.69, 9.17) is 4.74 Å². The normalized spacial score (nSPS) is 15.7. The van der Waals surface area contributed by atoms with Gasteiger partial charge in [-0.2, -0.15) is 0 Å². The monoisotopic (exact) mass is 340 g/mol. The standard InChI is InChI=1S/C16H24N2O4S/c1-11(2)5-4-6-12(3)18-23(20,21)13-7-8-15-14(9-13)17-16(19)10-22-15/h7-9,11-12,18H,4-6,10H2,1-3H3,(H,17,19)/t12-/m0/s1. The number of carbonyl (C=O) groups excluding carboxylic acids is 1. The number of carbonyl (C=O) groups is 1. The first-order valence-electron chi connectivity index (χ1n) is 7.87. The number of hydrogen-bond donors (Lipinski definition) is 2. The summed E-state index contributed by atoms with van der Waals surface area (Å²) < 4.78 is 32.8. The highest BCUT2D eigenvalue weighted by Gasteiger charge is 2.22. The van der Waals surface area contributed by atoms with Crippen molar-refractivity contribution in [3.8, 4) is 5.75 Å². The highest BCUT2D eigenvalue weighted by molar-refractivity contribution is 7.89. The molecule has 1 aliphatic heterocycles. The molecule has 6 nitrogen and oxygen atoms in total. The Morgan fingerprint density at radius 1 is 1.26 bits per heavy atom. The van der Waals surface area contributed by atoms with Gasteiger partial charge in [-0.1, -0.05) is 26.7 Å². The third kappa shape index (κ3) is 4.94. The summed E-state index contributed by atoms with van der Waals surface area (Å²) in [4.78, 5) is 11.5. The molecule has 1 aliphatic rings. The summed E-state index contributed by atoms with van der Waals surface area (Å²) >= 11 is 0.